The summed E-state index contributed by atoms with van der Waals surface area (Å²) < 4.78 is 11.4. The van der Waals surface area contributed by atoms with Crippen LogP contribution in [0, 0.1) is 0 Å². The van der Waals surface area contributed by atoms with Gasteiger partial charge in [0.15, 0.2) is 6.27 Å². The van der Waals surface area contributed by atoms with Crippen LogP contribution in [-0.2, 0) is 4.74 Å². The largest absolute Gasteiger partial charge is 0.394 e. The molecule has 0 amide bonds. The summed E-state index contributed by atoms with van der Waals surface area (Å²) in [5, 5.41) is 45.0. The minimum atomic E-state index is -2.70. The monoisotopic (exact) mass is 182 g/mol. The van der Waals surface area contributed by atoms with E-state index in [1.54, 1.807) is 0 Å². The van der Waals surface area contributed by atoms with Crippen molar-refractivity contribution in [1.29, 1.82) is 0 Å². The van der Waals surface area contributed by atoms with Crippen LogP contribution in [-0.4, -0.2) is 62.8 Å². The Hall–Kier alpha value is -0.240. The van der Waals surface area contributed by atoms with E-state index in [0.29, 0.717) is 0 Å². The van der Waals surface area contributed by atoms with E-state index in [0.717, 1.165) is 0 Å². The summed E-state index contributed by atoms with van der Waals surface area (Å²) in [7, 11) is 0. The van der Waals surface area contributed by atoms with E-state index in [1.807, 2.05) is 0 Å². The van der Waals surface area contributed by atoms with Gasteiger partial charge in [0, 0.05) is 0 Å². The van der Waals surface area contributed by atoms with Crippen LogP contribution in [0.15, 0.2) is 0 Å². The van der Waals surface area contributed by atoms with Crippen molar-refractivity contribution < 1.29 is 31.6 Å². The summed E-state index contributed by atoms with van der Waals surface area (Å²) >= 11 is 0. The lowest BCUT2D eigenvalue weighted by molar-refractivity contribution is -0.286. The van der Waals surface area contributed by atoms with E-state index in [2.05, 4.69) is 4.74 Å². The van der Waals surface area contributed by atoms with Crippen molar-refractivity contribution in [3.8, 4) is 0 Å². The number of aliphatic hydroxyl groups excluding tert-OH is 4. The van der Waals surface area contributed by atoms with Crippen LogP contribution in [0.2, 0.25) is 0 Å². The van der Waals surface area contributed by atoms with E-state index < -0.39 is 37.3 Å². The minimum absolute atomic E-state index is 0.661. The fraction of sp³-hybridized carbons (Fsp3) is 1.00. The Morgan fingerprint density at radius 2 is 1.67 bits per heavy atom. The zero-order chi connectivity index (χ0) is 10.2. The molecule has 0 aromatic rings. The fourth-order valence-corrected chi connectivity index (χ4v) is 0.993. The molecule has 1 aliphatic rings. The molecule has 12 heavy (non-hydrogen) atoms. The Bertz CT molecular complexity index is 184. The van der Waals surface area contributed by atoms with E-state index in [4.69, 9.17) is 26.9 Å². The third-order valence-corrected chi connectivity index (χ3v) is 1.76. The average Bonchev–Trinajstić information content (AvgIpc) is 2.08. The van der Waals surface area contributed by atoms with Crippen LogP contribution >= 0.6 is 0 Å². The lowest BCUT2D eigenvalue weighted by Crippen LogP contribution is -2.58. The quantitative estimate of drug-likeness (QED) is 0.292. The van der Waals surface area contributed by atoms with Crippen LogP contribution < -0.4 is 0 Å². The number of ether oxygens (including phenoxy) is 1. The average molecular weight is 182 g/mol. The summed E-state index contributed by atoms with van der Waals surface area (Å²) in [6.45, 7) is -0.661. The highest BCUT2D eigenvalue weighted by molar-refractivity contribution is 4.87. The van der Waals surface area contributed by atoms with Crippen LogP contribution in [0.3, 0.4) is 0 Å². The lowest BCUT2D eigenvalue weighted by Gasteiger charge is -2.37. The zero-order valence-electron chi connectivity index (χ0n) is 7.16. The maximum atomic E-state index is 9.15. The van der Waals surface area contributed by atoms with Gasteiger partial charge in [-0.3, -0.25) is 0 Å². The summed E-state index contributed by atoms with van der Waals surface area (Å²) in [5.41, 5.74) is 0. The maximum absolute atomic E-state index is 9.15. The van der Waals surface area contributed by atoms with Gasteiger partial charge in [-0.25, -0.2) is 0 Å². The molecule has 6 nitrogen and oxygen atoms in total. The highest BCUT2D eigenvalue weighted by Crippen LogP contribution is 2.18. The second-order valence-electron chi connectivity index (χ2n) is 2.60. The third-order valence-electron chi connectivity index (χ3n) is 1.76. The van der Waals surface area contributed by atoms with Crippen LogP contribution in [0.5, 0.6) is 0 Å². The molecule has 0 aliphatic carbocycles. The molecular formula is C6H12O6. The van der Waals surface area contributed by atoms with Crippen molar-refractivity contribution in [3.05, 3.63) is 0 Å². The molecule has 72 valence electrons. The molecule has 1 rings (SSSR count). The first kappa shape index (κ1) is 8.36. The summed E-state index contributed by atoms with van der Waals surface area (Å²) in [6.07, 6.45) is -9.14. The van der Waals surface area contributed by atoms with E-state index in [-0.39, 0.29) is 0 Å². The minimum Gasteiger partial charge on any atom is -0.394 e. The predicted molar refractivity (Wildman–Crippen MR) is 36.0 cm³/mol. The van der Waals surface area contributed by atoms with Crippen molar-refractivity contribution in [3.63, 3.8) is 0 Å². The predicted octanol–water partition coefficient (Wildman–Crippen LogP) is -3.22. The molecule has 1 fully saturated rings. The Balaban J connectivity index is 2.79. The van der Waals surface area contributed by atoms with Crippen LogP contribution in [0.4, 0.5) is 0 Å². The van der Waals surface area contributed by atoms with Gasteiger partial charge in [0.05, 0.1) is 7.98 Å². The number of aliphatic hydroxyl groups is 5. The van der Waals surface area contributed by atoms with Gasteiger partial charge in [-0.1, -0.05) is 0 Å². The molecule has 1 saturated heterocycles. The lowest BCUT2D eigenvalue weighted by atomic mass is 10.00. The van der Waals surface area contributed by atoms with Gasteiger partial charge in [-0.2, -0.15) is 0 Å². The molecule has 0 aromatic heterocycles. The van der Waals surface area contributed by atoms with Crippen molar-refractivity contribution >= 4 is 0 Å². The Kier molecular flexibility index (Phi) is 2.54. The first-order chi connectivity index (χ1) is 5.90. The third kappa shape index (κ3) is 1.58. The van der Waals surface area contributed by atoms with Crippen molar-refractivity contribution in [2.75, 3.05) is 6.61 Å². The summed E-state index contributed by atoms with van der Waals surface area (Å²) in [5.74, 6) is 0. The van der Waals surface area contributed by atoms with Gasteiger partial charge in [0.2, 0.25) is 0 Å². The number of rotatable bonds is 1. The summed E-state index contributed by atoms with van der Waals surface area (Å²) in [6, 6.07) is 0. The van der Waals surface area contributed by atoms with Gasteiger partial charge < -0.3 is 30.3 Å². The van der Waals surface area contributed by atoms with E-state index in [9.17, 15) is 0 Å². The SMILES string of the molecule is [3H][C@@]1(O)O[C@H](CO)[C@@H](O)[C@H](O)[C@H]1O. The molecule has 0 saturated carbocycles. The van der Waals surface area contributed by atoms with Gasteiger partial charge in [0.25, 0.3) is 0 Å². The van der Waals surface area contributed by atoms with Crippen molar-refractivity contribution in [2.45, 2.75) is 30.7 Å². The van der Waals surface area contributed by atoms with Gasteiger partial charge in [-0.05, 0) is 0 Å². The highest BCUT2D eigenvalue weighted by atomic mass is 16.6. The second kappa shape index (κ2) is 3.65. The molecule has 0 aromatic carbocycles. The van der Waals surface area contributed by atoms with Crippen LogP contribution in [0.1, 0.15) is 1.37 Å². The first-order valence-electron chi connectivity index (χ1n) is 3.95. The van der Waals surface area contributed by atoms with Gasteiger partial charge in [-0.15, -0.1) is 0 Å². The molecule has 5 N–H and O–H groups in total. The Morgan fingerprint density at radius 3 is 2.17 bits per heavy atom. The molecule has 5 atom stereocenters. The molecule has 0 spiro atoms. The Labute approximate surface area is 70.0 Å². The normalized spacial score (nSPS) is 56.6. The number of hydrogen-bond acceptors (Lipinski definition) is 6. The topological polar surface area (TPSA) is 110 Å². The standard InChI is InChI=1S/C6H12O6/c7-1-2-3(8)4(9)5(10)6(11)12-2/h2-11H,1H2/t2-,3-,4+,5-,6-/m1/s1/i6T. The first-order valence-corrected chi connectivity index (χ1v) is 3.45. The fourth-order valence-electron chi connectivity index (χ4n) is 0.993. The Morgan fingerprint density at radius 1 is 1.08 bits per heavy atom. The van der Waals surface area contributed by atoms with E-state index >= 15 is 0 Å². The molecule has 0 radical (unpaired) electrons. The molecular weight excluding hydrogens is 168 g/mol. The van der Waals surface area contributed by atoms with Gasteiger partial charge in [0.1, 0.15) is 24.4 Å². The smallest absolute Gasteiger partial charge is 0.184 e. The summed E-state index contributed by atoms with van der Waals surface area (Å²) in [4.78, 5) is 0. The van der Waals surface area contributed by atoms with E-state index in [1.165, 1.54) is 0 Å². The molecule has 0 bridgehead atoms. The second-order valence-corrected chi connectivity index (χ2v) is 2.60. The van der Waals surface area contributed by atoms with Crippen molar-refractivity contribution in [1.82, 2.24) is 0 Å². The molecule has 1 heterocycles. The zero-order valence-corrected chi connectivity index (χ0v) is 6.16. The molecule has 6 heteroatoms. The maximum Gasteiger partial charge on any atom is 0.184 e. The van der Waals surface area contributed by atoms with Gasteiger partial charge >= 0.3 is 0 Å². The number of hydrogen-bond donors (Lipinski definition) is 5. The highest BCUT2D eigenvalue weighted by Gasteiger charge is 2.42. The van der Waals surface area contributed by atoms with Crippen LogP contribution in [0.25, 0.3) is 0 Å². The molecule has 1 aliphatic heterocycles. The van der Waals surface area contributed by atoms with Crippen molar-refractivity contribution in [2.24, 2.45) is 0 Å². The molecule has 0 unspecified atom stereocenters.